The van der Waals surface area contributed by atoms with Crippen LogP contribution < -0.4 is 4.74 Å². The number of ether oxygens (including phenoxy) is 1. The summed E-state index contributed by atoms with van der Waals surface area (Å²) in [6, 6.07) is 13.0. The molecule has 3 aromatic rings. The van der Waals surface area contributed by atoms with E-state index >= 15 is 0 Å². The molecule has 0 bridgehead atoms. The van der Waals surface area contributed by atoms with Gasteiger partial charge in [-0.25, -0.2) is 4.79 Å². The second-order valence-electron chi connectivity index (χ2n) is 8.86. The summed E-state index contributed by atoms with van der Waals surface area (Å²) in [6.07, 6.45) is -5.91. The van der Waals surface area contributed by atoms with Crippen LogP contribution in [0.2, 0.25) is 0 Å². The van der Waals surface area contributed by atoms with Crippen LogP contribution in [0, 0.1) is 0 Å². The molecule has 1 aliphatic rings. The van der Waals surface area contributed by atoms with E-state index in [0.717, 1.165) is 17.7 Å². The van der Waals surface area contributed by atoms with E-state index < -0.39 is 35.2 Å². The molecule has 0 fully saturated rings. The van der Waals surface area contributed by atoms with Crippen molar-refractivity contribution in [1.29, 1.82) is 0 Å². The first kappa shape index (κ1) is 27.7. The van der Waals surface area contributed by atoms with Crippen LogP contribution >= 0.6 is 0 Å². The maximum Gasteiger partial charge on any atom is 0.416 e. The van der Waals surface area contributed by atoms with E-state index in [-0.39, 0.29) is 30.2 Å². The van der Waals surface area contributed by atoms with Gasteiger partial charge in [0, 0.05) is 17.2 Å². The minimum absolute atomic E-state index is 0.0480. The number of hydrogen-bond acceptors (Lipinski definition) is 3. The maximum absolute atomic E-state index is 13.2. The van der Waals surface area contributed by atoms with Crippen molar-refractivity contribution in [2.75, 3.05) is 0 Å². The minimum atomic E-state index is -4.98. The number of carboxylic acid groups (broad SMARTS) is 1. The number of aliphatic carboxylic acids is 1. The molecule has 0 atom stereocenters. The maximum atomic E-state index is 13.2. The van der Waals surface area contributed by atoms with E-state index in [9.17, 15) is 35.9 Å². The highest BCUT2D eigenvalue weighted by molar-refractivity contribution is 6.13. The van der Waals surface area contributed by atoms with Gasteiger partial charge in [0.1, 0.15) is 12.4 Å². The molecule has 0 saturated carbocycles. The Morgan fingerprint density at radius 2 is 1.49 bits per heavy atom. The average Bonchev–Trinajstić information content (AvgIpc) is 2.87. The van der Waals surface area contributed by atoms with Gasteiger partial charge in [-0.1, -0.05) is 24.3 Å². The number of rotatable bonds is 6. The van der Waals surface area contributed by atoms with E-state index in [1.165, 1.54) is 12.1 Å². The lowest BCUT2D eigenvalue weighted by atomic mass is 9.85. The Balaban J connectivity index is 1.50. The molecular weight excluding hydrogens is 526 g/mol. The molecule has 4 nitrogen and oxygen atoms in total. The van der Waals surface area contributed by atoms with Gasteiger partial charge in [-0.15, -0.1) is 0 Å². The van der Waals surface area contributed by atoms with Crippen molar-refractivity contribution >= 4 is 23.9 Å². The average molecular weight is 546 g/mol. The Labute approximate surface area is 218 Å². The third-order valence-corrected chi connectivity index (χ3v) is 6.03. The van der Waals surface area contributed by atoms with Crippen LogP contribution in [-0.2, 0) is 30.2 Å². The Hall–Kier alpha value is -4.34. The molecule has 0 spiro atoms. The molecule has 0 aromatic heterocycles. The highest BCUT2D eigenvalue weighted by Gasteiger charge is 2.37. The molecular formula is C29H20F6O4. The molecule has 202 valence electrons. The van der Waals surface area contributed by atoms with Crippen LogP contribution in [0.3, 0.4) is 0 Å². The summed E-state index contributed by atoms with van der Waals surface area (Å²) in [5.41, 5.74) is -0.643. The van der Waals surface area contributed by atoms with Gasteiger partial charge in [-0.2, -0.15) is 26.3 Å². The van der Waals surface area contributed by atoms with Gasteiger partial charge >= 0.3 is 18.3 Å². The zero-order chi connectivity index (χ0) is 28.4. The van der Waals surface area contributed by atoms with Crippen molar-refractivity contribution < 1.29 is 45.8 Å². The number of carboxylic acids is 1. The molecule has 0 radical (unpaired) electrons. The number of alkyl halides is 6. The summed E-state index contributed by atoms with van der Waals surface area (Å²) >= 11 is 0. The van der Waals surface area contributed by atoms with Crippen LogP contribution in [0.15, 0.2) is 72.3 Å². The number of carbonyl (C=O) groups excluding carboxylic acids is 1. The molecule has 1 N–H and O–H groups in total. The van der Waals surface area contributed by atoms with Crippen molar-refractivity contribution in [3.05, 3.63) is 111 Å². The van der Waals surface area contributed by atoms with Gasteiger partial charge in [0.15, 0.2) is 5.78 Å². The Morgan fingerprint density at radius 1 is 0.846 bits per heavy atom. The number of fused-ring (bicyclic) bond motifs is 1. The summed E-state index contributed by atoms with van der Waals surface area (Å²) in [7, 11) is 0. The standard InChI is InChI=1S/C29H20F6O4/c30-28(31,32)22-12-19(13-23(15-22)29(33,34)35)11-21-7-6-20-14-24(8-9-25(20)27(21)38)39-16-18-3-1-17(2-4-18)5-10-26(36)37/h1-5,8-15H,6-7,16H2,(H,36,37)/b10-5+,21-11+. The number of allylic oxidation sites excluding steroid dienone is 1. The molecule has 0 unspecified atom stereocenters. The summed E-state index contributed by atoms with van der Waals surface area (Å²) in [6.45, 7) is 0.206. The first-order valence-corrected chi connectivity index (χ1v) is 11.6. The first-order chi connectivity index (χ1) is 18.3. The normalized spacial score (nSPS) is 15.0. The van der Waals surface area contributed by atoms with E-state index in [1.807, 2.05) is 0 Å². The zero-order valence-electron chi connectivity index (χ0n) is 20.1. The van der Waals surface area contributed by atoms with Gasteiger partial charge in [0.2, 0.25) is 0 Å². The van der Waals surface area contributed by atoms with Crippen molar-refractivity contribution in [3.8, 4) is 5.75 Å². The molecule has 4 rings (SSSR count). The number of halogens is 6. The Kier molecular flexibility index (Phi) is 7.67. The van der Waals surface area contributed by atoms with Crippen LogP contribution in [-0.4, -0.2) is 16.9 Å². The number of ketones is 1. The predicted octanol–water partition coefficient (Wildman–Crippen LogP) is 7.61. The van der Waals surface area contributed by atoms with Crippen LogP contribution in [0.4, 0.5) is 26.3 Å². The summed E-state index contributed by atoms with van der Waals surface area (Å²) in [4.78, 5) is 23.6. The van der Waals surface area contributed by atoms with Crippen LogP contribution in [0.1, 0.15) is 50.2 Å². The number of Topliss-reactive ketones (excluding diaryl/α,β-unsaturated/α-hetero) is 1. The monoisotopic (exact) mass is 546 g/mol. The quantitative estimate of drug-likeness (QED) is 0.255. The Bertz CT molecular complexity index is 1430. The second-order valence-corrected chi connectivity index (χ2v) is 8.86. The predicted molar refractivity (Wildman–Crippen MR) is 131 cm³/mol. The summed E-state index contributed by atoms with van der Waals surface area (Å²) in [5, 5.41) is 8.69. The number of benzene rings is 3. The lowest BCUT2D eigenvalue weighted by molar-refractivity contribution is -0.143. The van der Waals surface area contributed by atoms with E-state index in [4.69, 9.17) is 9.84 Å². The SMILES string of the molecule is O=C(O)/C=C/c1ccc(COc2ccc3c(c2)CC/C(=C\c2cc(C(F)(F)F)cc(C(F)(F)F)c2)C3=O)cc1. The first-order valence-electron chi connectivity index (χ1n) is 11.6. The summed E-state index contributed by atoms with van der Waals surface area (Å²) < 4.78 is 84.9. The third kappa shape index (κ3) is 6.95. The largest absolute Gasteiger partial charge is 0.489 e. The molecule has 1 aliphatic carbocycles. The van der Waals surface area contributed by atoms with Crippen molar-refractivity contribution in [3.63, 3.8) is 0 Å². The topological polar surface area (TPSA) is 63.6 Å². The van der Waals surface area contributed by atoms with Crippen LogP contribution in [0.25, 0.3) is 12.2 Å². The van der Waals surface area contributed by atoms with Gasteiger partial charge in [-0.3, -0.25) is 4.79 Å². The number of hydrogen-bond donors (Lipinski definition) is 1. The Morgan fingerprint density at radius 3 is 2.08 bits per heavy atom. The minimum Gasteiger partial charge on any atom is -0.489 e. The summed E-state index contributed by atoms with van der Waals surface area (Å²) in [5.74, 6) is -1.04. The van der Waals surface area contributed by atoms with E-state index in [0.29, 0.717) is 41.0 Å². The highest BCUT2D eigenvalue weighted by Crippen LogP contribution is 2.37. The molecule has 39 heavy (non-hydrogen) atoms. The highest BCUT2D eigenvalue weighted by atomic mass is 19.4. The van der Waals surface area contributed by atoms with Crippen LogP contribution in [0.5, 0.6) is 5.75 Å². The zero-order valence-corrected chi connectivity index (χ0v) is 20.1. The van der Waals surface area contributed by atoms with Crippen molar-refractivity contribution in [2.45, 2.75) is 31.8 Å². The molecule has 10 heteroatoms. The van der Waals surface area contributed by atoms with Gasteiger partial charge in [0.25, 0.3) is 0 Å². The fourth-order valence-corrected chi connectivity index (χ4v) is 4.10. The lowest BCUT2D eigenvalue weighted by Crippen LogP contribution is -2.15. The molecule has 0 saturated heterocycles. The van der Waals surface area contributed by atoms with E-state index in [2.05, 4.69) is 0 Å². The molecule has 0 amide bonds. The van der Waals surface area contributed by atoms with Gasteiger partial charge in [0.05, 0.1) is 11.1 Å². The third-order valence-electron chi connectivity index (χ3n) is 6.03. The van der Waals surface area contributed by atoms with E-state index in [1.54, 1.807) is 36.4 Å². The smallest absolute Gasteiger partial charge is 0.416 e. The second kappa shape index (κ2) is 10.8. The van der Waals surface area contributed by atoms with Crippen molar-refractivity contribution in [2.24, 2.45) is 0 Å². The van der Waals surface area contributed by atoms with Gasteiger partial charge < -0.3 is 9.84 Å². The molecule has 3 aromatic carbocycles. The lowest BCUT2D eigenvalue weighted by Gasteiger charge is -2.19. The van der Waals surface area contributed by atoms with Gasteiger partial charge in [-0.05, 0) is 83.6 Å². The fraction of sp³-hybridized carbons (Fsp3) is 0.172. The van der Waals surface area contributed by atoms with Crippen molar-refractivity contribution in [1.82, 2.24) is 0 Å². The number of aryl methyl sites for hydroxylation is 1. The fourth-order valence-electron chi connectivity index (χ4n) is 4.10. The molecule has 0 aliphatic heterocycles. The molecule has 0 heterocycles. The number of carbonyl (C=O) groups is 2.